The van der Waals surface area contributed by atoms with Crippen LogP contribution in [0.4, 0.5) is 5.82 Å². The van der Waals surface area contributed by atoms with Crippen LogP contribution in [0.15, 0.2) is 18.2 Å². The number of aromatic nitrogens is 2. The van der Waals surface area contributed by atoms with Crippen molar-refractivity contribution in [3.8, 4) is 17.0 Å². The van der Waals surface area contributed by atoms with E-state index in [4.69, 9.17) is 15.5 Å². The summed E-state index contributed by atoms with van der Waals surface area (Å²) in [6.45, 7) is 4.04. The van der Waals surface area contributed by atoms with Gasteiger partial charge in [-0.15, -0.1) is 0 Å². The average molecular weight is 269 g/mol. The number of rotatable bonds is 3. The molecular formula is C16H19N3O. The van der Waals surface area contributed by atoms with E-state index < -0.39 is 0 Å². The van der Waals surface area contributed by atoms with Gasteiger partial charge < -0.3 is 10.5 Å². The Bertz CT molecular complexity index is 663. The lowest BCUT2D eigenvalue weighted by Gasteiger charge is -2.13. The van der Waals surface area contributed by atoms with E-state index in [-0.39, 0.29) is 0 Å². The van der Waals surface area contributed by atoms with Crippen LogP contribution in [0.2, 0.25) is 0 Å². The lowest BCUT2D eigenvalue weighted by atomic mass is 10.0. The van der Waals surface area contributed by atoms with E-state index in [0.29, 0.717) is 11.7 Å². The van der Waals surface area contributed by atoms with Crippen molar-refractivity contribution in [2.24, 2.45) is 0 Å². The Labute approximate surface area is 119 Å². The molecule has 0 bridgehead atoms. The van der Waals surface area contributed by atoms with Crippen LogP contribution in [0.25, 0.3) is 11.3 Å². The number of benzene rings is 1. The minimum Gasteiger partial charge on any atom is -0.497 e. The van der Waals surface area contributed by atoms with Gasteiger partial charge in [-0.3, -0.25) is 0 Å². The molecule has 0 amide bonds. The van der Waals surface area contributed by atoms with Gasteiger partial charge in [0, 0.05) is 17.0 Å². The first-order valence-electron chi connectivity index (χ1n) is 6.89. The maximum Gasteiger partial charge on any atom is 0.134 e. The van der Waals surface area contributed by atoms with Gasteiger partial charge in [0.05, 0.1) is 12.8 Å². The molecule has 1 aromatic heterocycles. The predicted molar refractivity (Wildman–Crippen MR) is 79.9 cm³/mol. The molecule has 20 heavy (non-hydrogen) atoms. The third-order valence-electron chi connectivity index (χ3n) is 3.83. The summed E-state index contributed by atoms with van der Waals surface area (Å²) in [5.74, 6) is 2.83. The van der Waals surface area contributed by atoms with Crippen molar-refractivity contribution in [3.05, 3.63) is 35.2 Å². The van der Waals surface area contributed by atoms with Crippen LogP contribution in [-0.4, -0.2) is 17.1 Å². The van der Waals surface area contributed by atoms with Gasteiger partial charge in [0.2, 0.25) is 0 Å². The Hall–Kier alpha value is -2.10. The van der Waals surface area contributed by atoms with Crippen molar-refractivity contribution in [2.45, 2.75) is 32.6 Å². The van der Waals surface area contributed by atoms with Crippen LogP contribution in [0.3, 0.4) is 0 Å². The second kappa shape index (κ2) is 4.78. The Morgan fingerprint density at radius 1 is 1.20 bits per heavy atom. The minimum absolute atomic E-state index is 0.496. The Kier molecular flexibility index (Phi) is 3.08. The number of nitrogens with zero attached hydrogens (tertiary/aromatic N) is 2. The van der Waals surface area contributed by atoms with Crippen molar-refractivity contribution in [3.63, 3.8) is 0 Å². The number of nitrogens with two attached hydrogens (primary N) is 1. The number of ether oxygens (including phenoxy) is 1. The lowest BCUT2D eigenvalue weighted by Crippen LogP contribution is -2.04. The summed E-state index contributed by atoms with van der Waals surface area (Å²) in [5, 5.41) is 0. The summed E-state index contributed by atoms with van der Waals surface area (Å²) in [7, 11) is 1.67. The summed E-state index contributed by atoms with van der Waals surface area (Å²) < 4.78 is 5.25. The predicted octanol–water partition coefficient (Wildman–Crippen LogP) is 3.23. The zero-order valence-corrected chi connectivity index (χ0v) is 12.1. The molecule has 2 aromatic rings. The summed E-state index contributed by atoms with van der Waals surface area (Å²) in [5.41, 5.74) is 10.2. The third-order valence-corrected chi connectivity index (χ3v) is 3.83. The molecule has 1 saturated carbocycles. The molecular weight excluding hydrogens is 250 g/mol. The molecule has 3 rings (SSSR count). The lowest BCUT2D eigenvalue weighted by molar-refractivity contribution is 0.414. The summed E-state index contributed by atoms with van der Waals surface area (Å²) in [6, 6.07) is 6.01. The highest BCUT2D eigenvalue weighted by atomic mass is 16.5. The largest absolute Gasteiger partial charge is 0.497 e. The van der Waals surface area contributed by atoms with Gasteiger partial charge in [-0.25, -0.2) is 9.97 Å². The summed E-state index contributed by atoms with van der Waals surface area (Å²) in [6.07, 6.45) is 2.34. The highest BCUT2D eigenvalue weighted by Crippen LogP contribution is 2.40. The highest BCUT2D eigenvalue weighted by Gasteiger charge is 2.28. The maximum absolute atomic E-state index is 6.05. The van der Waals surface area contributed by atoms with Crippen LogP contribution in [-0.2, 0) is 0 Å². The fraction of sp³-hybridized carbons (Fsp3) is 0.375. The van der Waals surface area contributed by atoms with Gasteiger partial charge in [-0.1, -0.05) is 0 Å². The van der Waals surface area contributed by atoms with Crippen molar-refractivity contribution in [2.75, 3.05) is 12.8 Å². The standard InChI is InChI=1S/C16H19N3O/c1-9-8-12(20-3)6-7-13(9)14-10(2)15(17)19-16(18-14)11-4-5-11/h6-8,11H,4-5H2,1-3H3,(H2,17,18,19). The van der Waals surface area contributed by atoms with E-state index in [2.05, 4.69) is 11.9 Å². The van der Waals surface area contributed by atoms with Gasteiger partial charge in [-0.2, -0.15) is 0 Å². The van der Waals surface area contributed by atoms with E-state index in [0.717, 1.165) is 34.0 Å². The quantitative estimate of drug-likeness (QED) is 0.929. The Morgan fingerprint density at radius 3 is 2.55 bits per heavy atom. The van der Waals surface area contributed by atoms with Crippen LogP contribution in [0.1, 0.15) is 35.7 Å². The first-order valence-corrected chi connectivity index (χ1v) is 6.89. The maximum atomic E-state index is 6.05. The van der Waals surface area contributed by atoms with Crippen molar-refractivity contribution in [1.82, 2.24) is 9.97 Å². The molecule has 1 aliphatic rings. The molecule has 1 aliphatic carbocycles. The van der Waals surface area contributed by atoms with Gasteiger partial charge in [0.15, 0.2) is 0 Å². The van der Waals surface area contributed by atoms with Crippen molar-refractivity contribution >= 4 is 5.82 Å². The summed E-state index contributed by atoms with van der Waals surface area (Å²) >= 11 is 0. The van der Waals surface area contributed by atoms with Gasteiger partial charge in [0.1, 0.15) is 17.4 Å². The van der Waals surface area contributed by atoms with E-state index >= 15 is 0 Å². The number of methoxy groups -OCH3 is 1. The third kappa shape index (κ3) is 2.22. The SMILES string of the molecule is COc1ccc(-c2nc(C3CC3)nc(N)c2C)c(C)c1. The van der Waals surface area contributed by atoms with Crippen LogP contribution in [0.5, 0.6) is 5.75 Å². The fourth-order valence-electron chi connectivity index (χ4n) is 2.37. The van der Waals surface area contributed by atoms with Crippen LogP contribution >= 0.6 is 0 Å². The van der Waals surface area contributed by atoms with Crippen molar-refractivity contribution in [1.29, 1.82) is 0 Å². The monoisotopic (exact) mass is 269 g/mol. The second-order valence-electron chi connectivity index (χ2n) is 5.40. The van der Waals surface area contributed by atoms with E-state index in [1.807, 2.05) is 25.1 Å². The molecule has 4 nitrogen and oxygen atoms in total. The second-order valence-corrected chi connectivity index (χ2v) is 5.40. The molecule has 0 atom stereocenters. The Balaban J connectivity index is 2.13. The van der Waals surface area contributed by atoms with E-state index in [9.17, 15) is 0 Å². The number of nitrogen functional groups attached to an aromatic ring is 1. The number of aryl methyl sites for hydroxylation is 1. The molecule has 1 aromatic carbocycles. The first-order chi connectivity index (χ1) is 9.60. The molecule has 104 valence electrons. The van der Waals surface area contributed by atoms with Crippen LogP contribution in [0, 0.1) is 13.8 Å². The van der Waals surface area contributed by atoms with Crippen molar-refractivity contribution < 1.29 is 4.74 Å². The molecule has 0 spiro atoms. The molecule has 2 N–H and O–H groups in total. The number of hydrogen-bond acceptors (Lipinski definition) is 4. The zero-order valence-electron chi connectivity index (χ0n) is 12.1. The minimum atomic E-state index is 0.496. The van der Waals surface area contributed by atoms with Gasteiger partial charge in [-0.05, 0) is 50.5 Å². The smallest absolute Gasteiger partial charge is 0.134 e. The molecule has 0 aliphatic heterocycles. The summed E-state index contributed by atoms with van der Waals surface area (Å²) in [4.78, 5) is 9.18. The molecule has 1 heterocycles. The topological polar surface area (TPSA) is 61.0 Å². The highest BCUT2D eigenvalue weighted by molar-refractivity contribution is 5.71. The van der Waals surface area contributed by atoms with E-state index in [1.165, 1.54) is 12.8 Å². The molecule has 1 fully saturated rings. The van der Waals surface area contributed by atoms with Gasteiger partial charge in [0.25, 0.3) is 0 Å². The zero-order chi connectivity index (χ0) is 14.3. The van der Waals surface area contributed by atoms with Crippen LogP contribution < -0.4 is 10.5 Å². The van der Waals surface area contributed by atoms with E-state index in [1.54, 1.807) is 7.11 Å². The van der Waals surface area contributed by atoms with Gasteiger partial charge >= 0.3 is 0 Å². The molecule has 4 heteroatoms. The number of hydrogen-bond donors (Lipinski definition) is 1. The molecule has 0 radical (unpaired) electrons. The Morgan fingerprint density at radius 2 is 1.95 bits per heavy atom. The fourth-order valence-corrected chi connectivity index (χ4v) is 2.37. The molecule has 0 unspecified atom stereocenters. The number of anilines is 1. The average Bonchev–Trinajstić information content (AvgIpc) is 3.26. The first kappa shape index (κ1) is 12.9. The normalized spacial score (nSPS) is 14.3. The molecule has 0 saturated heterocycles.